The lowest BCUT2D eigenvalue weighted by molar-refractivity contribution is 0.0641. The summed E-state index contributed by atoms with van der Waals surface area (Å²) >= 11 is 0. The molecule has 7 heteroatoms. The highest BCUT2D eigenvalue weighted by molar-refractivity contribution is 5.87. The molecule has 1 aliphatic heterocycles. The normalized spacial score (nSPS) is 19.3. The van der Waals surface area contributed by atoms with Crippen LogP contribution in [0.4, 0.5) is 11.8 Å². The number of fused-ring (bicyclic) bond motifs is 1. The molecule has 3 heterocycles. The standard InChI is InChI=1S/C11H16N6O/c1-11(2)6-18-4-3-17(11)9-7-5-13-16-8(7)14-10(12)15-9/h5H,3-4,6H2,1-2H3,(H3,12,13,14,15,16). The summed E-state index contributed by atoms with van der Waals surface area (Å²) in [5.41, 5.74) is 6.30. The summed E-state index contributed by atoms with van der Waals surface area (Å²) in [4.78, 5) is 10.7. The number of nitrogen functional groups attached to an aromatic ring is 1. The van der Waals surface area contributed by atoms with E-state index in [-0.39, 0.29) is 11.5 Å². The van der Waals surface area contributed by atoms with E-state index < -0.39 is 0 Å². The quantitative estimate of drug-likeness (QED) is 0.765. The highest BCUT2D eigenvalue weighted by Gasteiger charge is 2.33. The van der Waals surface area contributed by atoms with Crippen molar-refractivity contribution in [3.8, 4) is 0 Å². The molecular formula is C11H16N6O. The van der Waals surface area contributed by atoms with Crippen molar-refractivity contribution in [2.45, 2.75) is 19.4 Å². The van der Waals surface area contributed by atoms with Crippen molar-refractivity contribution in [2.24, 2.45) is 0 Å². The molecule has 0 unspecified atom stereocenters. The Bertz CT molecular complexity index is 578. The molecule has 0 saturated carbocycles. The number of anilines is 2. The first kappa shape index (κ1) is 11.2. The van der Waals surface area contributed by atoms with Crippen LogP contribution in [0.5, 0.6) is 0 Å². The van der Waals surface area contributed by atoms with Crippen molar-refractivity contribution >= 4 is 22.8 Å². The zero-order chi connectivity index (χ0) is 12.8. The second kappa shape index (κ2) is 3.81. The number of nitrogens with zero attached hydrogens (tertiary/aromatic N) is 4. The topological polar surface area (TPSA) is 93.0 Å². The molecule has 7 nitrogen and oxygen atoms in total. The second-order valence-corrected chi connectivity index (χ2v) is 5.05. The maximum absolute atomic E-state index is 5.75. The number of morpholine rings is 1. The van der Waals surface area contributed by atoms with Gasteiger partial charge in [-0.25, -0.2) is 0 Å². The van der Waals surface area contributed by atoms with Gasteiger partial charge in [-0.15, -0.1) is 0 Å². The van der Waals surface area contributed by atoms with Crippen LogP contribution >= 0.6 is 0 Å². The van der Waals surface area contributed by atoms with Gasteiger partial charge in [0.25, 0.3) is 0 Å². The Balaban J connectivity index is 2.15. The maximum atomic E-state index is 5.75. The number of nitrogens with one attached hydrogen (secondary N) is 1. The van der Waals surface area contributed by atoms with Crippen molar-refractivity contribution in [3.05, 3.63) is 6.20 Å². The van der Waals surface area contributed by atoms with Crippen molar-refractivity contribution in [1.29, 1.82) is 0 Å². The van der Waals surface area contributed by atoms with Crippen LogP contribution in [0.15, 0.2) is 6.20 Å². The largest absolute Gasteiger partial charge is 0.377 e. The summed E-state index contributed by atoms with van der Waals surface area (Å²) in [6, 6.07) is 0. The average Bonchev–Trinajstić information content (AvgIpc) is 2.75. The molecule has 0 bridgehead atoms. The molecule has 96 valence electrons. The highest BCUT2D eigenvalue weighted by atomic mass is 16.5. The molecule has 1 saturated heterocycles. The predicted molar refractivity (Wildman–Crippen MR) is 68.3 cm³/mol. The highest BCUT2D eigenvalue weighted by Crippen LogP contribution is 2.30. The van der Waals surface area contributed by atoms with E-state index in [2.05, 4.69) is 38.9 Å². The van der Waals surface area contributed by atoms with Gasteiger partial charge in [-0.2, -0.15) is 15.1 Å². The molecule has 3 rings (SSSR count). The number of hydrogen-bond acceptors (Lipinski definition) is 6. The lowest BCUT2D eigenvalue weighted by atomic mass is 10.0. The minimum Gasteiger partial charge on any atom is -0.377 e. The van der Waals surface area contributed by atoms with Crippen molar-refractivity contribution in [3.63, 3.8) is 0 Å². The van der Waals surface area contributed by atoms with Crippen LogP contribution in [0.3, 0.4) is 0 Å². The van der Waals surface area contributed by atoms with Gasteiger partial charge in [0, 0.05) is 6.54 Å². The second-order valence-electron chi connectivity index (χ2n) is 5.05. The third-order valence-electron chi connectivity index (χ3n) is 3.21. The van der Waals surface area contributed by atoms with E-state index >= 15 is 0 Å². The zero-order valence-corrected chi connectivity index (χ0v) is 10.5. The monoisotopic (exact) mass is 248 g/mol. The molecule has 1 fully saturated rings. The fraction of sp³-hybridized carbons (Fsp3) is 0.545. The Kier molecular flexibility index (Phi) is 2.37. The third kappa shape index (κ3) is 1.67. The van der Waals surface area contributed by atoms with Gasteiger partial charge in [0.05, 0.1) is 30.3 Å². The molecule has 3 N–H and O–H groups in total. The Morgan fingerprint density at radius 1 is 1.44 bits per heavy atom. The number of aromatic amines is 1. The summed E-state index contributed by atoms with van der Waals surface area (Å²) in [6.07, 6.45) is 1.73. The molecule has 1 aliphatic rings. The van der Waals surface area contributed by atoms with Crippen molar-refractivity contribution in [2.75, 3.05) is 30.4 Å². The summed E-state index contributed by atoms with van der Waals surface area (Å²) in [7, 11) is 0. The number of hydrogen-bond donors (Lipinski definition) is 2. The summed E-state index contributed by atoms with van der Waals surface area (Å²) in [6.45, 7) is 6.37. The molecule has 0 aromatic carbocycles. The number of nitrogens with two attached hydrogens (primary N) is 1. The summed E-state index contributed by atoms with van der Waals surface area (Å²) < 4.78 is 5.52. The average molecular weight is 248 g/mol. The SMILES string of the molecule is CC1(C)COCCN1c1nc(N)nc2[nH]ncc12. The van der Waals surface area contributed by atoms with E-state index in [0.717, 1.165) is 17.7 Å². The van der Waals surface area contributed by atoms with Gasteiger partial charge >= 0.3 is 0 Å². The van der Waals surface area contributed by atoms with E-state index in [1.165, 1.54) is 0 Å². The van der Waals surface area contributed by atoms with Crippen LogP contribution in [0.25, 0.3) is 11.0 Å². The lowest BCUT2D eigenvalue weighted by Crippen LogP contribution is -2.53. The number of ether oxygens (including phenoxy) is 1. The van der Waals surface area contributed by atoms with Crippen LogP contribution in [0, 0.1) is 0 Å². The molecule has 0 atom stereocenters. The van der Waals surface area contributed by atoms with Gasteiger partial charge in [0.1, 0.15) is 5.82 Å². The van der Waals surface area contributed by atoms with Crippen LogP contribution in [0.1, 0.15) is 13.8 Å². The summed E-state index contributed by atoms with van der Waals surface area (Å²) in [5, 5.41) is 7.72. The van der Waals surface area contributed by atoms with Crippen molar-refractivity contribution in [1.82, 2.24) is 20.2 Å². The van der Waals surface area contributed by atoms with E-state index in [1.807, 2.05) is 0 Å². The van der Waals surface area contributed by atoms with Gasteiger partial charge in [0.2, 0.25) is 5.95 Å². The van der Waals surface area contributed by atoms with E-state index in [4.69, 9.17) is 10.5 Å². The van der Waals surface area contributed by atoms with E-state index in [1.54, 1.807) is 6.20 Å². The van der Waals surface area contributed by atoms with Crippen LogP contribution in [0.2, 0.25) is 0 Å². The van der Waals surface area contributed by atoms with Gasteiger partial charge in [-0.1, -0.05) is 0 Å². The first-order valence-corrected chi connectivity index (χ1v) is 5.90. The lowest BCUT2D eigenvalue weighted by Gasteiger charge is -2.43. The maximum Gasteiger partial charge on any atom is 0.224 e. The van der Waals surface area contributed by atoms with E-state index in [9.17, 15) is 0 Å². The van der Waals surface area contributed by atoms with Gasteiger partial charge in [-0.3, -0.25) is 5.10 Å². The minimum absolute atomic E-state index is 0.122. The molecule has 0 spiro atoms. The van der Waals surface area contributed by atoms with Crippen LogP contribution in [-0.4, -0.2) is 45.5 Å². The molecule has 0 amide bonds. The number of aromatic nitrogens is 4. The van der Waals surface area contributed by atoms with Crippen molar-refractivity contribution < 1.29 is 4.74 Å². The van der Waals surface area contributed by atoms with Gasteiger partial charge in [-0.05, 0) is 13.8 Å². The third-order valence-corrected chi connectivity index (χ3v) is 3.21. The Labute approximate surface area is 104 Å². The summed E-state index contributed by atoms with van der Waals surface area (Å²) in [5.74, 6) is 1.07. The first-order chi connectivity index (χ1) is 8.58. The zero-order valence-electron chi connectivity index (χ0n) is 10.5. The van der Waals surface area contributed by atoms with Crippen LogP contribution in [-0.2, 0) is 4.74 Å². The number of H-pyrrole nitrogens is 1. The first-order valence-electron chi connectivity index (χ1n) is 5.90. The Morgan fingerprint density at radius 3 is 3.06 bits per heavy atom. The molecule has 2 aromatic heterocycles. The fourth-order valence-electron chi connectivity index (χ4n) is 2.29. The Hall–Kier alpha value is -1.89. The molecule has 18 heavy (non-hydrogen) atoms. The van der Waals surface area contributed by atoms with Gasteiger partial charge < -0.3 is 15.4 Å². The number of rotatable bonds is 1. The Morgan fingerprint density at radius 2 is 2.28 bits per heavy atom. The minimum atomic E-state index is -0.122. The van der Waals surface area contributed by atoms with Crippen LogP contribution < -0.4 is 10.6 Å². The smallest absolute Gasteiger partial charge is 0.224 e. The molecule has 0 radical (unpaired) electrons. The van der Waals surface area contributed by atoms with Gasteiger partial charge in [0.15, 0.2) is 5.65 Å². The van der Waals surface area contributed by atoms with E-state index in [0.29, 0.717) is 18.9 Å². The molecule has 2 aromatic rings. The fourth-order valence-corrected chi connectivity index (χ4v) is 2.29. The predicted octanol–water partition coefficient (Wildman–Crippen LogP) is 0.550. The molecular weight excluding hydrogens is 232 g/mol. The molecule has 0 aliphatic carbocycles.